The van der Waals surface area contributed by atoms with Gasteiger partial charge in [0.25, 0.3) is 0 Å². The summed E-state index contributed by atoms with van der Waals surface area (Å²) in [6, 6.07) is 0. The van der Waals surface area contributed by atoms with Crippen LogP contribution in [0.4, 0.5) is 0 Å². The lowest BCUT2D eigenvalue weighted by Gasteiger charge is -2.29. The highest BCUT2D eigenvalue weighted by Gasteiger charge is 2.28. The number of hydrogen-bond donors (Lipinski definition) is 1. The van der Waals surface area contributed by atoms with E-state index < -0.39 is 5.97 Å². The SMILES string of the molecule is O=C(O)CCC1CCC(Cl)CC1Cl. The zero-order valence-corrected chi connectivity index (χ0v) is 8.89. The molecule has 1 saturated carbocycles. The van der Waals surface area contributed by atoms with E-state index in [2.05, 4.69) is 0 Å². The average molecular weight is 225 g/mol. The summed E-state index contributed by atoms with van der Waals surface area (Å²) < 4.78 is 0. The van der Waals surface area contributed by atoms with Gasteiger partial charge in [0.05, 0.1) is 0 Å². The van der Waals surface area contributed by atoms with Gasteiger partial charge in [-0.25, -0.2) is 0 Å². The molecule has 2 nitrogen and oxygen atoms in total. The van der Waals surface area contributed by atoms with E-state index in [9.17, 15) is 4.79 Å². The first-order valence-corrected chi connectivity index (χ1v) is 5.47. The molecule has 3 unspecified atom stereocenters. The molecule has 1 aliphatic carbocycles. The summed E-state index contributed by atoms with van der Waals surface area (Å²) in [6.45, 7) is 0. The molecule has 0 spiro atoms. The second-order valence-electron chi connectivity index (χ2n) is 3.62. The number of carboxylic acids is 1. The molecule has 0 aliphatic heterocycles. The molecule has 0 aromatic rings. The number of alkyl halides is 2. The largest absolute Gasteiger partial charge is 0.481 e. The fourth-order valence-corrected chi connectivity index (χ4v) is 2.64. The quantitative estimate of drug-likeness (QED) is 0.750. The van der Waals surface area contributed by atoms with Crippen LogP contribution in [0.1, 0.15) is 32.1 Å². The first-order chi connectivity index (χ1) is 6.09. The number of halogens is 2. The van der Waals surface area contributed by atoms with Crippen LogP contribution in [0.3, 0.4) is 0 Å². The van der Waals surface area contributed by atoms with Crippen LogP contribution in [-0.2, 0) is 4.79 Å². The van der Waals surface area contributed by atoms with Gasteiger partial charge in [0, 0.05) is 17.2 Å². The summed E-state index contributed by atoms with van der Waals surface area (Å²) in [5.41, 5.74) is 0. The Kier molecular flexibility index (Phi) is 4.33. The Morgan fingerprint density at radius 2 is 2.08 bits per heavy atom. The monoisotopic (exact) mass is 224 g/mol. The Balaban J connectivity index is 2.29. The first kappa shape index (κ1) is 11.1. The Hall–Kier alpha value is 0.0500. The number of rotatable bonds is 3. The van der Waals surface area contributed by atoms with Crippen LogP contribution in [0, 0.1) is 5.92 Å². The average Bonchev–Trinajstić information content (AvgIpc) is 2.02. The number of carbonyl (C=O) groups is 1. The van der Waals surface area contributed by atoms with Gasteiger partial charge >= 0.3 is 5.97 Å². The van der Waals surface area contributed by atoms with Gasteiger partial charge in [0.2, 0.25) is 0 Å². The van der Waals surface area contributed by atoms with Crippen LogP contribution in [0.5, 0.6) is 0 Å². The van der Waals surface area contributed by atoms with Crippen molar-refractivity contribution < 1.29 is 9.90 Å². The van der Waals surface area contributed by atoms with Crippen LogP contribution in [0.25, 0.3) is 0 Å². The molecule has 1 aliphatic rings. The van der Waals surface area contributed by atoms with E-state index in [-0.39, 0.29) is 17.2 Å². The number of carboxylic acid groups (broad SMARTS) is 1. The second kappa shape index (κ2) is 5.06. The van der Waals surface area contributed by atoms with Crippen molar-refractivity contribution in [1.29, 1.82) is 0 Å². The van der Waals surface area contributed by atoms with Gasteiger partial charge in [0.15, 0.2) is 0 Å². The molecule has 1 fully saturated rings. The van der Waals surface area contributed by atoms with Crippen LogP contribution >= 0.6 is 23.2 Å². The van der Waals surface area contributed by atoms with Crippen molar-refractivity contribution >= 4 is 29.2 Å². The van der Waals surface area contributed by atoms with E-state index in [1.807, 2.05) is 0 Å². The van der Waals surface area contributed by atoms with Gasteiger partial charge in [-0.3, -0.25) is 4.79 Å². The van der Waals surface area contributed by atoms with E-state index >= 15 is 0 Å². The topological polar surface area (TPSA) is 37.3 Å². The van der Waals surface area contributed by atoms with Gasteiger partial charge in [0.1, 0.15) is 0 Å². The van der Waals surface area contributed by atoms with Crippen LogP contribution in [0.2, 0.25) is 0 Å². The summed E-state index contributed by atoms with van der Waals surface area (Å²) in [5, 5.41) is 8.76. The second-order valence-corrected chi connectivity index (χ2v) is 4.80. The molecule has 0 heterocycles. The van der Waals surface area contributed by atoms with Gasteiger partial charge in [-0.05, 0) is 31.6 Å². The minimum absolute atomic E-state index is 0.0654. The van der Waals surface area contributed by atoms with Crippen molar-refractivity contribution in [3.63, 3.8) is 0 Å². The van der Waals surface area contributed by atoms with Crippen LogP contribution in [-0.4, -0.2) is 21.8 Å². The van der Waals surface area contributed by atoms with E-state index in [4.69, 9.17) is 28.3 Å². The van der Waals surface area contributed by atoms with Crippen molar-refractivity contribution in [3.05, 3.63) is 0 Å². The first-order valence-electron chi connectivity index (χ1n) is 4.59. The van der Waals surface area contributed by atoms with E-state index in [0.29, 0.717) is 12.3 Å². The molecule has 0 aromatic heterocycles. The van der Waals surface area contributed by atoms with E-state index in [1.54, 1.807) is 0 Å². The highest BCUT2D eigenvalue weighted by atomic mass is 35.5. The zero-order valence-electron chi connectivity index (χ0n) is 7.38. The third kappa shape index (κ3) is 3.74. The van der Waals surface area contributed by atoms with Crippen molar-refractivity contribution in [3.8, 4) is 0 Å². The molecule has 0 saturated heterocycles. The van der Waals surface area contributed by atoms with Gasteiger partial charge in [-0.1, -0.05) is 0 Å². The maximum absolute atomic E-state index is 10.3. The summed E-state index contributed by atoms with van der Waals surface area (Å²) in [6.07, 6.45) is 3.66. The molecule has 76 valence electrons. The van der Waals surface area contributed by atoms with E-state index in [0.717, 1.165) is 19.3 Å². The molecule has 0 bridgehead atoms. The predicted molar refractivity (Wildman–Crippen MR) is 53.5 cm³/mol. The molecule has 0 radical (unpaired) electrons. The Labute approximate surface area is 88.2 Å². The van der Waals surface area contributed by atoms with Crippen molar-refractivity contribution in [1.82, 2.24) is 0 Å². The minimum Gasteiger partial charge on any atom is -0.481 e. The summed E-state index contributed by atoms with van der Waals surface area (Å²) in [7, 11) is 0. The lowest BCUT2D eigenvalue weighted by atomic mass is 9.85. The Morgan fingerprint density at radius 3 is 2.62 bits per heavy atom. The highest BCUT2D eigenvalue weighted by Crippen LogP contribution is 2.34. The molecule has 1 N–H and O–H groups in total. The molecular weight excluding hydrogens is 211 g/mol. The van der Waals surface area contributed by atoms with Gasteiger partial charge < -0.3 is 5.11 Å². The van der Waals surface area contributed by atoms with Crippen molar-refractivity contribution in [2.24, 2.45) is 5.92 Å². The minimum atomic E-state index is -0.739. The fraction of sp³-hybridized carbons (Fsp3) is 0.889. The number of aliphatic carboxylic acids is 1. The molecule has 0 aromatic carbocycles. The normalized spacial score (nSPS) is 34.5. The smallest absolute Gasteiger partial charge is 0.303 e. The van der Waals surface area contributed by atoms with Gasteiger partial charge in [-0.2, -0.15) is 0 Å². The maximum atomic E-state index is 10.3. The summed E-state index contributed by atoms with van der Waals surface area (Å²) in [5.74, 6) is -0.398. The third-order valence-corrected chi connectivity index (χ3v) is 3.50. The molecule has 13 heavy (non-hydrogen) atoms. The maximum Gasteiger partial charge on any atom is 0.303 e. The van der Waals surface area contributed by atoms with Crippen molar-refractivity contribution in [2.45, 2.75) is 42.9 Å². The molecule has 4 heteroatoms. The Morgan fingerprint density at radius 1 is 1.38 bits per heavy atom. The fourth-order valence-electron chi connectivity index (χ4n) is 1.76. The molecule has 1 rings (SSSR count). The summed E-state index contributed by atoms with van der Waals surface area (Å²) in [4.78, 5) is 10.3. The van der Waals surface area contributed by atoms with Crippen LogP contribution < -0.4 is 0 Å². The van der Waals surface area contributed by atoms with Gasteiger partial charge in [-0.15, -0.1) is 23.2 Å². The standard InChI is InChI=1S/C9H14Cl2O2/c10-7-3-1-6(8(11)5-7)2-4-9(12)13/h6-8H,1-5H2,(H,12,13). The third-order valence-electron chi connectivity index (χ3n) is 2.57. The molecule has 3 atom stereocenters. The predicted octanol–water partition coefficient (Wildman–Crippen LogP) is 2.87. The highest BCUT2D eigenvalue weighted by molar-refractivity contribution is 6.23. The lowest BCUT2D eigenvalue weighted by molar-refractivity contribution is -0.137. The molecular formula is C9H14Cl2O2. The lowest BCUT2D eigenvalue weighted by Crippen LogP contribution is -2.26. The summed E-state index contributed by atoms with van der Waals surface area (Å²) >= 11 is 12.0. The van der Waals surface area contributed by atoms with E-state index in [1.165, 1.54) is 0 Å². The number of hydrogen-bond acceptors (Lipinski definition) is 1. The van der Waals surface area contributed by atoms with Crippen molar-refractivity contribution in [2.75, 3.05) is 0 Å². The molecule has 0 amide bonds. The zero-order chi connectivity index (χ0) is 9.84. The van der Waals surface area contributed by atoms with Crippen LogP contribution in [0.15, 0.2) is 0 Å². The Bertz CT molecular complexity index is 184.